The van der Waals surface area contributed by atoms with Gasteiger partial charge in [0.05, 0.1) is 13.4 Å². The van der Waals surface area contributed by atoms with Gasteiger partial charge in [0.2, 0.25) is 5.91 Å². The van der Waals surface area contributed by atoms with Crippen LogP contribution < -0.4 is 5.32 Å². The maximum atomic E-state index is 14.0. The van der Waals surface area contributed by atoms with E-state index in [1.165, 1.54) is 35.0 Å². The van der Waals surface area contributed by atoms with Crippen molar-refractivity contribution in [2.75, 3.05) is 32.2 Å². The summed E-state index contributed by atoms with van der Waals surface area (Å²) in [6.45, 7) is 1.39. The zero-order valence-corrected chi connectivity index (χ0v) is 22.4. The summed E-state index contributed by atoms with van der Waals surface area (Å²) in [4.78, 5) is 62.6. The number of urea groups is 1. The van der Waals surface area contributed by atoms with E-state index in [1.807, 2.05) is 48.7 Å². The molecule has 0 saturated carbocycles. The molecule has 10 nitrogen and oxygen atoms in total. The highest BCUT2D eigenvalue weighted by Gasteiger charge is 2.56. The fourth-order valence-corrected chi connectivity index (χ4v) is 5.27. The Hall–Kier alpha value is -3.86. The van der Waals surface area contributed by atoms with Crippen molar-refractivity contribution in [1.29, 1.82) is 0 Å². The lowest BCUT2D eigenvalue weighted by Crippen LogP contribution is -2.51. The Morgan fingerprint density at radius 1 is 1.18 bits per heavy atom. The average Bonchev–Trinajstić information content (AvgIpc) is 3.51. The molecule has 2 aromatic carbocycles. The minimum absolute atomic E-state index is 0.122. The van der Waals surface area contributed by atoms with E-state index in [9.17, 15) is 19.2 Å². The first-order chi connectivity index (χ1) is 18.3. The van der Waals surface area contributed by atoms with Gasteiger partial charge in [-0.2, -0.15) is 11.8 Å². The number of hydrogen-bond donors (Lipinski definition) is 2. The third kappa shape index (κ3) is 5.24. The van der Waals surface area contributed by atoms with Gasteiger partial charge in [-0.1, -0.05) is 42.5 Å². The quantitative estimate of drug-likeness (QED) is 0.285. The van der Waals surface area contributed by atoms with Crippen molar-refractivity contribution in [3.8, 4) is 0 Å². The molecule has 0 aliphatic carbocycles. The van der Waals surface area contributed by atoms with Crippen molar-refractivity contribution in [3.63, 3.8) is 0 Å². The molecule has 1 fully saturated rings. The molecule has 0 radical (unpaired) electrons. The summed E-state index contributed by atoms with van der Waals surface area (Å²) in [5, 5.41) is 4.42. The molecule has 1 saturated heterocycles. The molecule has 3 aromatic rings. The summed E-state index contributed by atoms with van der Waals surface area (Å²) >= 11 is 1.54. The first-order valence-corrected chi connectivity index (χ1v) is 13.7. The molecule has 4 rings (SSSR count). The van der Waals surface area contributed by atoms with Crippen LogP contribution in [0.3, 0.4) is 0 Å². The highest BCUT2D eigenvalue weighted by molar-refractivity contribution is 7.98. The lowest BCUT2D eigenvalue weighted by atomic mass is 9.86. The van der Waals surface area contributed by atoms with Crippen LogP contribution in [0, 0.1) is 0 Å². The van der Waals surface area contributed by atoms with Gasteiger partial charge < -0.3 is 15.0 Å². The number of nitrogens with zero attached hydrogens (tertiary/aromatic N) is 3. The number of esters is 1. The van der Waals surface area contributed by atoms with Crippen molar-refractivity contribution < 1.29 is 23.9 Å². The van der Waals surface area contributed by atoms with Crippen LogP contribution in [-0.4, -0.2) is 81.8 Å². The Labute approximate surface area is 225 Å². The number of aromatic amines is 1. The number of H-pyrrole nitrogens is 1. The van der Waals surface area contributed by atoms with E-state index >= 15 is 0 Å². The van der Waals surface area contributed by atoms with Gasteiger partial charge in [-0.3, -0.25) is 19.4 Å². The van der Waals surface area contributed by atoms with E-state index in [-0.39, 0.29) is 6.54 Å². The van der Waals surface area contributed by atoms with Crippen LogP contribution in [0.5, 0.6) is 0 Å². The second kappa shape index (κ2) is 11.7. The van der Waals surface area contributed by atoms with Gasteiger partial charge in [0.25, 0.3) is 5.91 Å². The summed E-state index contributed by atoms with van der Waals surface area (Å²) in [5.74, 6) is -0.896. The largest absolute Gasteiger partial charge is 0.467 e. The Kier molecular flexibility index (Phi) is 8.35. The molecule has 0 spiro atoms. The maximum Gasteiger partial charge on any atom is 0.328 e. The molecule has 1 unspecified atom stereocenters. The first kappa shape index (κ1) is 27.2. The average molecular weight is 538 g/mol. The Morgan fingerprint density at radius 2 is 1.95 bits per heavy atom. The molecular formula is C27H31N5O5S. The van der Waals surface area contributed by atoms with E-state index in [0.29, 0.717) is 24.2 Å². The number of ether oxygens (including phenoxy) is 1. The molecule has 200 valence electrons. The zero-order chi connectivity index (χ0) is 27.3. The predicted octanol–water partition coefficient (Wildman–Crippen LogP) is 2.70. The lowest BCUT2D eigenvalue weighted by Gasteiger charge is -2.33. The molecule has 1 aliphatic rings. The third-order valence-electron chi connectivity index (χ3n) is 6.87. The summed E-state index contributed by atoms with van der Waals surface area (Å²) in [5.41, 5.74) is -0.0374. The van der Waals surface area contributed by atoms with Crippen LogP contribution in [-0.2, 0) is 31.1 Å². The number of carbonyl (C=O) groups excluding carboxylic acids is 4. The third-order valence-corrected chi connectivity index (χ3v) is 7.51. The summed E-state index contributed by atoms with van der Waals surface area (Å²) in [7, 11) is 1.26. The van der Waals surface area contributed by atoms with Crippen LogP contribution in [0.25, 0.3) is 10.8 Å². The number of nitrogens with one attached hydrogen (secondary N) is 2. The number of carbonyl (C=O) groups is 4. The number of hydrogen-bond acceptors (Lipinski definition) is 7. The Bertz CT molecular complexity index is 1330. The van der Waals surface area contributed by atoms with Gasteiger partial charge in [0, 0.05) is 24.9 Å². The van der Waals surface area contributed by atoms with E-state index in [2.05, 4.69) is 15.3 Å². The lowest BCUT2D eigenvalue weighted by molar-refractivity contribution is -0.145. The topological polar surface area (TPSA) is 125 Å². The number of fused-ring (bicyclic) bond motifs is 1. The maximum absolute atomic E-state index is 14.0. The number of imidazole rings is 1. The number of rotatable bonds is 11. The van der Waals surface area contributed by atoms with Gasteiger partial charge in [0.15, 0.2) is 0 Å². The van der Waals surface area contributed by atoms with E-state index in [1.54, 1.807) is 13.1 Å². The molecular weight excluding hydrogens is 506 g/mol. The number of imide groups is 1. The molecule has 2 atom stereocenters. The molecule has 38 heavy (non-hydrogen) atoms. The van der Waals surface area contributed by atoms with E-state index in [4.69, 9.17) is 4.74 Å². The number of methoxy groups -OCH3 is 1. The van der Waals surface area contributed by atoms with E-state index < -0.39 is 41.9 Å². The normalized spacial score (nSPS) is 18.2. The SMILES string of the molecule is COC(=O)[C@H](CCSC)NC(=O)CN1C(=O)N(CCc2cnc[nH]2)C(=O)C1(C)c1cccc2ccccc12. The molecule has 4 amide bonds. The Morgan fingerprint density at radius 3 is 2.66 bits per heavy atom. The molecule has 2 N–H and O–H groups in total. The first-order valence-electron chi connectivity index (χ1n) is 12.3. The highest BCUT2D eigenvalue weighted by Crippen LogP contribution is 2.40. The Balaban J connectivity index is 1.68. The predicted molar refractivity (Wildman–Crippen MR) is 144 cm³/mol. The number of benzene rings is 2. The van der Waals surface area contributed by atoms with Gasteiger partial charge >= 0.3 is 12.0 Å². The zero-order valence-electron chi connectivity index (χ0n) is 21.6. The fourth-order valence-electron chi connectivity index (χ4n) is 4.80. The summed E-state index contributed by atoms with van der Waals surface area (Å²) in [6, 6.07) is 11.8. The smallest absolute Gasteiger partial charge is 0.328 e. The van der Waals surface area contributed by atoms with Crippen LogP contribution in [0.4, 0.5) is 4.79 Å². The molecule has 0 bridgehead atoms. The highest BCUT2D eigenvalue weighted by atomic mass is 32.2. The van der Waals surface area contributed by atoms with Gasteiger partial charge in [-0.25, -0.2) is 14.6 Å². The minimum atomic E-state index is -1.44. The number of thioether (sulfide) groups is 1. The van der Waals surface area contributed by atoms with Crippen LogP contribution >= 0.6 is 11.8 Å². The minimum Gasteiger partial charge on any atom is -0.467 e. The monoisotopic (exact) mass is 537 g/mol. The molecule has 11 heteroatoms. The van der Waals surface area contributed by atoms with Gasteiger partial charge in [-0.15, -0.1) is 0 Å². The molecule has 2 heterocycles. The van der Waals surface area contributed by atoms with Crippen molar-refractivity contribution in [2.24, 2.45) is 0 Å². The number of amides is 4. The van der Waals surface area contributed by atoms with Crippen LogP contribution in [0.15, 0.2) is 55.0 Å². The summed E-state index contributed by atoms with van der Waals surface area (Å²) in [6.07, 6.45) is 5.85. The van der Waals surface area contributed by atoms with Crippen molar-refractivity contribution in [3.05, 3.63) is 66.2 Å². The van der Waals surface area contributed by atoms with Crippen molar-refractivity contribution >= 4 is 46.3 Å². The van der Waals surface area contributed by atoms with E-state index in [0.717, 1.165) is 16.5 Å². The number of aromatic nitrogens is 2. The second-order valence-corrected chi connectivity index (χ2v) is 10.2. The standard InChI is InChI=1S/C27H31N5O5S/c1-27(21-10-6-8-18-7-4-5-9-20(18)21)25(35)31(13-11-19-15-28-17-29-19)26(36)32(27)16-23(33)30-22(12-14-38-3)24(34)37-2/h4-10,15,17,22H,11-14,16H2,1-3H3,(H,28,29)(H,30,33)/t22-,27?/m0/s1. The van der Waals surface area contributed by atoms with Crippen LogP contribution in [0.2, 0.25) is 0 Å². The van der Waals surface area contributed by atoms with Gasteiger partial charge in [-0.05, 0) is 41.7 Å². The van der Waals surface area contributed by atoms with Crippen molar-refractivity contribution in [2.45, 2.75) is 31.3 Å². The molecule has 1 aliphatic heterocycles. The van der Waals surface area contributed by atoms with Crippen molar-refractivity contribution in [1.82, 2.24) is 25.1 Å². The van der Waals surface area contributed by atoms with Gasteiger partial charge in [0.1, 0.15) is 18.1 Å². The molecule has 1 aromatic heterocycles. The second-order valence-electron chi connectivity index (χ2n) is 9.18. The van der Waals surface area contributed by atoms with Crippen LogP contribution in [0.1, 0.15) is 24.6 Å². The fraction of sp³-hybridized carbons (Fsp3) is 0.370. The summed E-state index contributed by atoms with van der Waals surface area (Å²) < 4.78 is 4.85.